The summed E-state index contributed by atoms with van der Waals surface area (Å²) in [5.41, 5.74) is 0. The summed E-state index contributed by atoms with van der Waals surface area (Å²) in [6.07, 6.45) is 2.21. The summed E-state index contributed by atoms with van der Waals surface area (Å²) in [7, 11) is 4.72. The molecule has 0 spiro atoms. The minimum absolute atomic E-state index is 0.0851. The molecule has 0 heterocycles. The van der Waals surface area contributed by atoms with Gasteiger partial charge in [0.25, 0.3) is 0 Å². The number of amides is 1. The van der Waals surface area contributed by atoms with Gasteiger partial charge in [-0.25, -0.2) is 0 Å². The monoisotopic (exact) mass is 231 g/mol. The van der Waals surface area contributed by atoms with E-state index < -0.39 is 0 Å². The molecule has 0 aromatic rings. The van der Waals surface area contributed by atoms with Crippen LogP contribution in [0.5, 0.6) is 0 Å². The lowest BCUT2D eigenvalue weighted by Crippen LogP contribution is -2.28. The van der Waals surface area contributed by atoms with Gasteiger partial charge < -0.3 is 14.4 Å². The van der Waals surface area contributed by atoms with Crippen molar-refractivity contribution in [3.05, 3.63) is 0 Å². The normalized spacial score (nSPS) is 9.94. The number of carbonyl (C=O) groups excluding carboxylic acids is 2. The second-order valence-corrected chi connectivity index (χ2v) is 3.59. The van der Waals surface area contributed by atoms with Crippen LogP contribution >= 0.6 is 0 Å². The van der Waals surface area contributed by atoms with Crippen molar-refractivity contribution in [2.45, 2.75) is 25.7 Å². The first-order chi connectivity index (χ1) is 7.61. The fourth-order valence-corrected chi connectivity index (χ4v) is 1.25. The van der Waals surface area contributed by atoms with Gasteiger partial charge in [-0.3, -0.25) is 9.59 Å². The zero-order valence-corrected chi connectivity index (χ0v) is 10.3. The van der Waals surface area contributed by atoms with E-state index >= 15 is 0 Å². The second kappa shape index (κ2) is 9.15. The Morgan fingerprint density at radius 2 is 1.81 bits per heavy atom. The molecule has 0 aliphatic rings. The summed E-state index contributed by atoms with van der Waals surface area (Å²) >= 11 is 0. The molecule has 1 amide bonds. The first-order valence-corrected chi connectivity index (χ1v) is 5.41. The van der Waals surface area contributed by atoms with Gasteiger partial charge in [0, 0.05) is 40.2 Å². The standard InChI is InChI=1S/C11H21NO4/c1-12(8-4-7-11(14)16-3)10(13)6-5-9-15-2/h4-9H2,1-3H3. The fraction of sp³-hybridized carbons (Fsp3) is 0.818. The maximum absolute atomic E-state index is 11.5. The number of hydrogen-bond donors (Lipinski definition) is 0. The van der Waals surface area contributed by atoms with E-state index in [1.54, 1.807) is 19.1 Å². The highest BCUT2D eigenvalue weighted by molar-refractivity contribution is 5.75. The van der Waals surface area contributed by atoms with Crippen molar-refractivity contribution in [1.82, 2.24) is 4.90 Å². The first kappa shape index (κ1) is 14.9. The molecule has 94 valence electrons. The molecule has 0 aromatic heterocycles. The summed E-state index contributed by atoms with van der Waals surface area (Å²) in [4.78, 5) is 24.0. The van der Waals surface area contributed by atoms with Gasteiger partial charge in [-0.15, -0.1) is 0 Å². The number of carbonyl (C=O) groups is 2. The van der Waals surface area contributed by atoms with Crippen LogP contribution in [0.4, 0.5) is 0 Å². The number of nitrogens with zero attached hydrogens (tertiary/aromatic N) is 1. The van der Waals surface area contributed by atoms with Gasteiger partial charge >= 0.3 is 5.97 Å². The van der Waals surface area contributed by atoms with E-state index in [4.69, 9.17) is 4.74 Å². The molecule has 5 heteroatoms. The van der Waals surface area contributed by atoms with Gasteiger partial charge in [0.1, 0.15) is 0 Å². The molecule has 0 aliphatic heterocycles. The van der Waals surface area contributed by atoms with Crippen LogP contribution in [0, 0.1) is 0 Å². The Balaban J connectivity index is 3.58. The third-order valence-corrected chi connectivity index (χ3v) is 2.27. The largest absolute Gasteiger partial charge is 0.469 e. The molecule has 0 atom stereocenters. The average Bonchev–Trinajstić information content (AvgIpc) is 2.28. The van der Waals surface area contributed by atoms with Crippen molar-refractivity contribution in [3.8, 4) is 0 Å². The Morgan fingerprint density at radius 1 is 1.12 bits per heavy atom. The van der Waals surface area contributed by atoms with E-state index in [0.29, 0.717) is 32.4 Å². The van der Waals surface area contributed by atoms with Gasteiger partial charge in [-0.1, -0.05) is 0 Å². The van der Waals surface area contributed by atoms with Crippen molar-refractivity contribution in [1.29, 1.82) is 0 Å². The Bertz CT molecular complexity index is 218. The quantitative estimate of drug-likeness (QED) is 0.458. The maximum Gasteiger partial charge on any atom is 0.305 e. The highest BCUT2D eigenvalue weighted by Crippen LogP contribution is 1.99. The van der Waals surface area contributed by atoms with Crippen LogP contribution in [-0.2, 0) is 19.1 Å². The van der Waals surface area contributed by atoms with Crippen molar-refractivity contribution in [3.63, 3.8) is 0 Å². The molecule has 0 aromatic carbocycles. The summed E-state index contributed by atoms with van der Waals surface area (Å²) in [6.45, 7) is 1.18. The predicted molar refractivity (Wildman–Crippen MR) is 60.0 cm³/mol. The van der Waals surface area contributed by atoms with Crippen LogP contribution in [0.2, 0.25) is 0 Å². The van der Waals surface area contributed by atoms with Crippen molar-refractivity contribution in [2.75, 3.05) is 34.4 Å². The van der Waals surface area contributed by atoms with Crippen LogP contribution in [-0.4, -0.2) is 51.2 Å². The highest BCUT2D eigenvalue weighted by Gasteiger charge is 2.08. The number of esters is 1. The molecule has 0 aliphatic carbocycles. The van der Waals surface area contributed by atoms with Crippen molar-refractivity contribution >= 4 is 11.9 Å². The molecule has 0 radical (unpaired) electrons. The van der Waals surface area contributed by atoms with E-state index in [9.17, 15) is 9.59 Å². The molecule has 5 nitrogen and oxygen atoms in total. The molecule has 0 saturated carbocycles. The van der Waals surface area contributed by atoms with Crippen LogP contribution in [0.3, 0.4) is 0 Å². The molecule has 0 rings (SSSR count). The lowest BCUT2D eigenvalue weighted by molar-refractivity contribution is -0.141. The Labute approximate surface area is 96.7 Å². The topological polar surface area (TPSA) is 55.8 Å². The van der Waals surface area contributed by atoms with Gasteiger partial charge in [-0.05, 0) is 12.8 Å². The number of rotatable bonds is 8. The summed E-state index contributed by atoms with van der Waals surface area (Å²) in [5, 5.41) is 0. The predicted octanol–water partition coefficient (Wildman–Crippen LogP) is 0.825. The smallest absolute Gasteiger partial charge is 0.305 e. The minimum atomic E-state index is -0.236. The van der Waals surface area contributed by atoms with Crippen LogP contribution in [0.25, 0.3) is 0 Å². The summed E-state index contributed by atoms with van der Waals surface area (Å²) < 4.78 is 9.38. The van der Waals surface area contributed by atoms with E-state index in [2.05, 4.69) is 4.74 Å². The third kappa shape index (κ3) is 7.23. The summed E-state index contributed by atoms with van der Waals surface area (Å²) in [5.74, 6) is -0.151. The van der Waals surface area contributed by atoms with Gasteiger partial charge in [0.15, 0.2) is 0 Å². The van der Waals surface area contributed by atoms with Crippen LogP contribution < -0.4 is 0 Å². The molecule has 0 bridgehead atoms. The molecule has 16 heavy (non-hydrogen) atoms. The third-order valence-electron chi connectivity index (χ3n) is 2.27. The van der Waals surface area contributed by atoms with Crippen molar-refractivity contribution in [2.24, 2.45) is 0 Å². The van der Waals surface area contributed by atoms with Gasteiger partial charge in [0.05, 0.1) is 7.11 Å². The van der Waals surface area contributed by atoms with E-state index in [0.717, 1.165) is 6.42 Å². The SMILES string of the molecule is COCCCC(=O)N(C)CCCC(=O)OC. The molecule has 0 saturated heterocycles. The number of ether oxygens (including phenoxy) is 2. The van der Waals surface area contributed by atoms with E-state index in [1.807, 2.05) is 0 Å². The Hall–Kier alpha value is -1.10. The highest BCUT2D eigenvalue weighted by atomic mass is 16.5. The lowest BCUT2D eigenvalue weighted by Gasteiger charge is -2.16. The van der Waals surface area contributed by atoms with Gasteiger partial charge in [-0.2, -0.15) is 0 Å². The lowest BCUT2D eigenvalue weighted by atomic mass is 10.2. The number of methoxy groups -OCH3 is 2. The maximum atomic E-state index is 11.5. The molecular weight excluding hydrogens is 210 g/mol. The number of hydrogen-bond acceptors (Lipinski definition) is 4. The van der Waals surface area contributed by atoms with Gasteiger partial charge in [0.2, 0.25) is 5.91 Å². The molecule has 0 N–H and O–H groups in total. The van der Waals surface area contributed by atoms with E-state index in [1.165, 1.54) is 7.11 Å². The molecule has 0 fully saturated rings. The fourth-order valence-electron chi connectivity index (χ4n) is 1.25. The molecular formula is C11H21NO4. The summed E-state index contributed by atoms with van der Waals surface area (Å²) in [6, 6.07) is 0. The average molecular weight is 231 g/mol. The van der Waals surface area contributed by atoms with E-state index in [-0.39, 0.29) is 11.9 Å². The Kier molecular flexibility index (Phi) is 8.52. The Morgan fingerprint density at radius 3 is 2.38 bits per heavy atom. The first-order valence-electron chi connectivity index (χ1n) is 5.41. The van der Waals surface area contributed by atoms with Crippen molar-refractivity contribution < 1.29 is 19.1 Å². The van der Waals surface area contributed by atoms with Crippen LogP contribution in [0.15, 0.2) is 0 Å². The second-order valence-electron chi connectivity index (χ2n) is 3.59. The zero-order chi connectivity index (χ0) is 12.4. The van der Waals surface area contributed by atoms with Crippen LogP contribution in [0.1, 0.15) is 25.7 Å². The zero-order valence-electron chi connectivity index (χ0n) is 10.3. The minimum Gasteiger partial charge on any atom is -0.469 e. The molecule has 0 unspecified atom stereocenters.